The van der Waals surface area contributed by atoms with E-state index in [1.54, 1.807) is 26.0 Å². The molecule has 0 fully saturated rings. The number of aromatic hydroxyl groups is 1. The highest BCUT2D eigenvalue weighted by atomic mass is 19.4. The standard InChI is InChI=1S/C16H18F3N3O2/c1-10(2)22-14(16(17,18)19)13(8-20-22)15(24)21(3)9-11-5-4-6-12(23)7-11/h4-8,10,23H,9H2,1-3H3. The number of rotatable bonds is 4. The lowest BCUT2D eigenvalue weighted by Gasteiger charge is -2.19. The fraction of sp³-hybridized carbons (Fsp3) is 0.375. The first-order valence-corrected chi connectivity index (χ1v) is 7.29. The molecule has 2 rings (SSSR count). The SMILES string of the molecule is CC(C)n1ncc(C(=O)N(C)Cc2cccc(O)c2)c1C(F)(F)F. The van der Waals surface area contributed by atoms with Gasteiger partial charge in [-0.05, 0) is 31.5 Å². The number of phenols is 1. The fourth-order valence-corrected chi connectivity index (χ4v) is 2.40. The average Bonchev–Trinajstić information content (AvgIpc) is 2.91. The van der Waals surface area contributed by atoms with Crippen LogP contribution in [-0.2, 0) is 12.7 Å². The van der Waals surface area contributed by atoms with Crippen LogP contribution in [0, 0.1) is 0 Å². The van der Waals surface area contributed by atoms with E-state index >= 15 is 0 Å². The number of amides is 1. The van der Waals surface area contributed by atoms with Crippen molar-refractivity contribution in [2.45, 2.75) is 32.6 Å². The van der Waals surface area contributed by atoms with Crippen LogP contribution >= 0.6 is 0 Å². The molecule has 0 spiro atoms. The van der Waals surface area contributed by atoms with E-state index in [4.69, 9.17) is 0 Å². The Labute approximate surface area is 137 Å². The molecule has 2 aromatic rings. The Hall–Kier alpha value is -2.51. The minimum atomic E-state index is -4.68. The van der Waals surface area contributed by atoms with E-state index in [1.807, 2.05) is 0 Å². The predicted molar refractivity (Wildman–Crippen MR) is 81.5 cm³/mol. The smallest absolute Gasteiger partial charge is 0.433 e. The zero-order valence-corrected chi connectivity index (χ0v) is 13.5. The van der Waals surface area contributed by atoms with E-state index in [0.717, 1.165) is 15.8 Å². The molecule has 0 aliphatic heterocycles. The van der Waals surface area contributed by atoms with Crippen LogP contribution in [0.5, 0.6) is 5.75 Å². The lowest BCUT2D eigenvalue weighted by molar-refractivity contribution is -0.145. The number of carbonyl (C=O) groups excluding carboxylic acids is 1. The summed E-state index contributed by atoms with van der Waals surface area (Å²) in [6.45, 7) is 3.19. The molecule has 1 aromatic heterocycles. The quantitative estimate of drug-likeness (QED) is 0.926. The number of nitrogens with zero attached hydrogens (tertiary/aromatic N) is 3. The van der Waals surface area contributed by atoms with Gasteiger partial charge < -0.3 is 10.0 Å². The lowest BCUT2D eigenvalue weighted by Crippen LogP contribution is -2.29. The first kappa shape index (κ1) is 17.8. The molecule has 0 atom stereocenters. The van der Waals surface area contributed by atoms with E-state index in [-0.39, 0.29) is 12.3 Å². The van der Waals surface area contributed by atoms with Gasteiger partial charge in [-0.15, -0.1) is 0 Å². The summed E-state index contributed by atoms with van der Waals surface area (Å²) in [4.78, 5) is 13.6. The molecule has 1 aromatic carbocycles. The fourth-order valence-electron chi connectivity index (χ4n) is 2.40. The molecular formula is C16H18F3N3O2. The van der Waals surface area contributed by atoms with Gasteiger partial charge in [0.2, 0.25) is 0 Å². The van der Waals surface area contributed by atoms with E-state index in [2.05, 4.69) is 5.10 Å². The van der Waals surface area contributed by atoms with Crippen molar-refractivity contribution in [1.82, 2.24) is 14.7 Å². The highest BCUT2D eigenvalue weighted by Crippen LogP contribution is 2.34. The number of phenolic OH excluding ortho intramolecular Hbond substituents is 1. The zero-order valence-electron chi connectivity index (χ0n) is 13.5. The normalized spacial score (nSPS) is 11.8. The molecule has 0 unspecified atom stereocenters. The van der Waals surface area contributed by atoms with Crippen LogP contribution in [0.4, 0.5) is 13.2 Å². The highest BCUT2D eigenvalue weighted by molar-refractivity contribution is 5.95. The Morgan fingerprint density at radius 3 is 2.58 bits per heavy atom. The monoisotopic (exact) mass is 341 g/mol. The maximum absolute atomic E-state index is 13.3. The summed E-state index contributed by atoms with van der Waals surface area (Å²) >= 11 is 0. The molecule has 8 heteroatoms. The third kappa shape index (κ3) is 3.69. The van der Waals surface area contributed by atoms with Gasteiger partial charge in [0.15, 0.2) is 5.69 Å². The Morgan fingerprint density at radius 2 is 2.04 bits per heavy atom. The number of carbonyl (C=O) groups is 1. The number of alkyl halides is 3. The van der Waals surface area contributed by atoms with Crippen LogP contribution in [0.3, 0.4) is 0 Å². The summed E-state index contributed by atoms with van der Waals surface area (Å²) < 4.78 is 40.8. The van der Waals surface area contributed by atoms with E-state index in [1.165, 1.54) is 19.2 Å². The van der Waals surface area contributed by atoms with Crippen molar-refractivity contribution in [2.75, 3.05) is 7.05 Å². The maximum atomic E-state index is 13.3. The second-order valence-electron chi connectivity index (χ2n) is 5.77. The number of benzene rings is 1. The second-order valence-corrected chi connectivity index (χ2v) is 5.77. The Kier molecular flexibility index (Phi) is 4.86. The molecule has 0 aliphatic carbocycles. The topological polar surface area (TPSA) is 58.4 Å². The van der Waals surface area contributed by atoms with Crippen molar-refractivity contribution in [3.8, 4) is 5.75 Å². The van der Waals surface area contributed by atoms with Gasteiger partial charge in [0.25, 0.3) is 5.91 Å². The van der Waals surface area contributed by atoms with Gasteiger partial charge in [-0.1, -0.05) is 12.1 Å². The Bertz CT molecular complexity index is 738. The molecule has 0 bridgehead atoms. The zero-order chi connectivity index (χ0) is 18.1. The summed E-state index contributed by atoms with van der Waals surface area (Å²) in [7, 11) is 1.40. The third-order valence-electron chi connectivity index (χ3n) is 3.46. The molecule has 1 amide bonds. The van der Waals surface area contributed by atoms with Crippen molar-refractivity contribution in [2.24, 2.45) is 0 Å². The minimum absolute atomic E-state index is 0.0250. The summed E-state index contributed by atoms with van der Waals surface area (Å²) in [6.07, 6.45) is -3.73. The van der Waals surface area contributed by atoms with Crippen LogP contribution < -0.4 is 0 Å². The van der Waals surface area contributed by atoms with Gasteiger partial charge in [0.05, 0.1) is 11.8 Å². The number of hydrogen-bond acceptors (Lipinski definition) is 3. The summed E-state index contributed by atoms with van der Waals surface area (Å²) in [6, 6.07) is 5.66. The van der Waals surface area contributed by atoms with Crippen molar-refractivity contribution in [1.29, 1.82) is 0 Å². The van der Waals surface area contributed by atoms with E-state index < -0.39 is 29.4 Å². The average molecular weight is 341 g/mol. The summed E-state index contributed by atoms with van der Waals surface area (Å²) in [5, 5.41) is 13.1. The minimum Gasteiger partial charge on any atom is -0.508 e. The van der Waals surface area contributed by atoms with Gasteiger partial charge in [0.1, 0.15) is 5.75 Å². The molecule has 0 saturated heterocycles. The molecule has 130 valence electrons. The molecule has 24 heavy (non-hydrogen) atoms. The van der Waals surface area contributed by atoms with Crippen LogP contribution in [0.1, 0.15) is 41.5 Å². The summed E-state index contributed by atoms with van der Waals surface area (Å²) in [5.74, 6) is -0.755. The first-order valence-electron chi connectivity index (χ1n) is 7.29. The Balaban J connectivity index is 2.32. The molecule has 1 N–H and O–H groups in total. The molecule has 0 saturated carbocycles. The number of aromatic nitrogens is 2. The molecule has 0 radical (unpaired) electrons. The van der Waals surface area contributed by atoms with Crippen LogP contribution in [0.25, 0.3) is 0 Å². The van der Waals surface area contributed by atoms with Crippen molar-refractivity contribution < 1.29 is 23.1 Å². The van der Waals surface area contributed by atoms with Gasteiger partial charge in [-0.25, -0.2) is 0 Å². The largest absolute Gasteiger partial charge is 0.508 e. The van der Waals surface area contributed by atoms with Crippen LogP contribution in [-0.4, -0.2) is 32.7 Å². The Morgan fingerprint density at radius 1 is 1.38 bits per heavy atom. The molecule has 1 heterocycles. The van der Waals surface area contributed by atoms with E-state index in [0.29, 0.717) is 5.56 Å². The van der Waals surface area contributed by atoms with Gasteiger partial charge >= 0.3 is 6.18 Å². The maximum Gasteiger partial charge on any atom is 0.433 e. The van der Waals surface area contributed by atoms with Crippen LogP contribution in [0.2, 0.25) is 0 Å². The van der Waals surface area contributed by atoms with Crippen molar-refractivity contribution in [3.63, 3.8) is 0 Å². The van der Waals surface area contributed by atoms with Crippen molar-refractivity contribution >= 4 is 5.91 Å². The molecule has 5 nitrogen and oxygen atoms in total. The second kappa shape index (κ2) is 6.54. The van der Waals surface area contributed by atoms with Crippen molar-refractivity contribution in [3.05, 3.63) is 47.3 Å². The number of hydrogen-bond donors (Lipinski definition) is 1. The molecule has 0 aliphatic rings. The van der Waals surface area contributed by atoms with E-state index in [9.17, 15) is 23.1 Å². The molecular weight excluding hydrogens is 323 g/mol. The first-order chi connectivity index (χ1) is 11.1. The highest BCUT2D eigenvalue weighted by Gasteiger charge is 2.41. The predicted octanol–water partition coefficient (Wildman–Crippen LogP) is 3.46. The summed E-state index contributed by atoms with van der Waals surface area (Å²) in [5.41, 5.74) is -0.931. The lowest BCUT2D eigenvalue weighted by atomic mass is 10.1. The van der Waals surface area contributed by atoms with Crippen LogP contribution in [0.15, 0.2) is 30.5 Å². The van der Waals surface area contributed by atoms with Gasteiger partial charge in [-0.2, -0.15) is 18.3 Å². The van der Waals surface area contributed by atoms with Gasteiger partial charge in [-0.3, -0.25) is 9.48 Å². The van der Waals surface area contributed by atoms with Gasteiger partial charge in [0, 0.05) is 19.6 Å². The third-order valence-corrected chi connectivity index (χ3v) is 3.46. The number of halogens is 3.